The van der Waals surface area contributed by atoms with E-state index in [1.54, 1.807) is 12.1 Å². The molecule has 1 rings (SSSR count). The Morgan fingerprint density at radius 3 is 2.48 bits per heavy atom. The van der Waals surface area contributed by atoms with Crippen LogP contribution in [0.4, 0.5) is 9.18 Å². The van der Waals surface area contributed by atoms with Crippen molar-refractivity contribution in [1.29, 1.82) is 0 Å². The van der Waals surface area contributed by atoms with Gasteiger partial charge in [0.05, 0.1) is 6.10 Å². The van der Waals surface area contributed by atoms with Gasteiger partial charge in [0, 0.05) is 25.2 Å². The lowest BCUT2D eigenvalue weighted by atomic mass is 9.89. The van der Waals surface area contributed by atoms with Crippen LogP contribution in [0.3, 0.4) is 0 Å². The number of carbonyl (C=O) groups is 1. The standard InChI is InChI=1S/C17H28FN3O2/c1-17(2,3)15(22)10-20-16(23)19-9-12-6-7-13(11-21(4)5)14(18)8-12/h6-8,15,22H,9-11H2,1-5H3,(H2,19,20,23). The largest absolute Gasteiger partial charge is 0.391 e. The van der Waals surface area contributed by atoms with E-state index in [9.17, 15) is 14.3 Å². The number of benzene rings is 1. The van der Waals surface area contributed by atoms with Gasteiger partial charge in [-0.2, -0.15) is 0 Å². The molecule has 0 aliphatic rings. The van der Waals surface area contributed by atoms with E-state index in [-0.39, 0.29) is 30.4 Å². The number of rotatable bonds is 6. The molecule has 130 valence electrons. The fraction of sp³-hybridized carbons (Fsp3) is 0.588. The third kappa shape index (κ3) is 6.97. The molecule has 2 amide bonds. The maximum absolute atomic E-state index is 13.9. The van der Waals surface area contributed by atoms with Crippen LogP contribution in [0.25, 0.3) is 0 Å². The maximum Gasteiger partial charge on any atom is 0.315 e. The molecule has 0 aliphatic carbocycles. The van der Waals surface area contributed by atoms with Crippen LogP contribution in [0, 0.1) is 11.2 Å². The van der Waals surface area contributed by atoms with Crippen LogP contribution in [-0.4, -0.2) is 42.8 Å². The number of nitrogens with one attached hydrogen (secondary N) is 2. The van der Waals surface area contributed by atoms with Gasteiger partial charge in [0.25, 0.3) is 0 Å². The Kier molecular flexibility index (Phi) is 6.97. The highest BCUT2D eigenvalue weighted by atomic mass is 19.1. The Bertz CT molecular complexity index is 527. The van der Waals surface area contributed by atoms with Crippen LogP contribution < -0.4 is 10.6 Å². The highest BCUT2D eigenvalue weighted by molar-refractivity contribution is 5.73. The van der Waals surface area contributed by atoms with Gasteiger partial charge in [0.1, 0.15) is 5.82 Å². The van der Waals surface area contributed by atoms with Gasteiger partial charge < -0.3 is 20.6 Å². The van der Waals surface area contributed by atoms with Crippen LogP contribution in [0.15, 0.2) is 18.2 Å². The number of amides is 2. The van der Waals surface area contributed by atoms with Gasteiger partial charge >= 0.3 is 6.03 Å². The van der Waals surface area contributed by atoms with E-state index in [0.29, 0.717) is 17.7 Å². The summed E-state index contributed by atoms with van der Waals surface area (Å²) in [5.41, 5.74) is 1.02. The van der Waals surface area contributed by atoms with E-state index in [1.807, 2.05) is 39.8 Å². The summed E-state index contributed by atoms with van der Waals surface area (Å²) in [6, 6.07) is 4.58. The molecule has 1 aromatic carbocycles. The summed E-state index contributed by atoms with van der Waals surface area (Å²) in [4.78, 5) is 13.6. The Labute approximate surface area is 137 Å². The Hall–Kier alpha value is -1.66. The molecular weight excluding hydrogens is 297 g/mol. The van der Waals surface area contributed by atoms with E-state index in [4.69, 9.17) is 0 Å². The van der Waals surface area contributed by atoms with Crippen LogP contribution in [-0.2, 0) is 13.1 Å². The normalized spacial score (nSPS) is 13.0. The average Bonchev–Trinajstić information content (AvgIpc) is 2.43. The first kappa shape index (κ1) is 19.4. The lowest BCUT2D eigenvalue weighted by molar-refractivity contribution is 0.0650. The van der Waals surface area contributed by atoms with Gasteiger partial charge in [-0.15, -0.1) is 0 Å². The molecule has 23 heavy (non-hydrogen) atoms. The number of halogens is 1. The topological polar surface area (TPSA) is 64.6 Å². The monoisotopic (exact) mass is 325 g/mol. The van der Waals surface area contributed by atoms with Crippen LogP contribution in [0.5, 0.6) is 0 Å². The van der Waals surface area contributed by atoms with E-state index < -0.39 is 6.10 Å². The molecule has 0 radical (unpaired) electrons. The van der Waals surface area contributed by atoms with E-state index in [2.05, 4.69) is 10.6 Å². The summed E-state index contributed by atoms with van der Waals surface area (Å²) in [5, 5.41) is 15.1. The van der Waals surface area contributed by atoms with E-state index in [0.717, 1.165) is 0 Å². The minimum absolute atomic E-state index is 0.172. The van der Waals surface area contributed by atoms with Crippen molar-refractivity contribution in [3.63, 3.8) is 0 Å². The van der Waals surface area contributed by atoms with Crippen LogP contribution in [0.2, 0.25) is 0 Å². The van der Waals surface area contributed by atoms with Crippen molar-refractivity contribution in [3.05, 3.63) is 35.1 Å². The first-order chi connectivity index (χ1) is 10.6. The second-order valence-corrected chi connectivity index (χ2v) is 7.11. The lowest BCUT2D eigenvalue weighted by Crippen LogP contribution is -2.43. The fourth-order valence-electron chi connectivity index (χ4n) is 1.91. The van der Waals surface area contributed by atoms with Gasteiger partial charge in [0.2, 0.25) is 0 Å². The van der Waals surface area contributed by atoms with Crippen molar-refractivity contribution in [1.82, 2.24) is 15.5 Å². The van der Waals surface area contributed by atoms with Crippen LogP contribution in [0.1, 0.15) is 31.9 Å². The van der Waals surface area contributed by atoms with Crippen molar-refractivity contribution in [2.75, 3.05) is 20.6 Å². The quantitative estimate of drug-likeness (QED) is 0.750. The molecule has 1 unspecified atom stereocenters. The summed E-state index contributed by atoms with van der Waals surface area (Å²) in [5.74, 6) is -0.276. The van der Waals surface area contributed by atoms with Crippen molar-refractivity contribution in [3.8, 4) is 0 Å². The van der Waals surface area contributed by atoms with Crippen molar-refractivity contribution in [2.24, 2.45) is 5.41 Å². The molecule has 0 heterocycles. The molecule has 0 aromatic heterocycles. The molecule has 0 aliphatic heterocycles. The number of nitrogens with zero attached hydrogens (tertiary/aromatic N) is 1. The predicted octanol–water partition coefficient (Wildman–Crippen LogP) is 2.09. The number of carbonyl (C=O) groups excluding carboxylic acids is 1. The van der Waals surface area contributed by atoms with Crippen molar-refractivity contribution < 1.29 is 14.3 Å². The van der Waals surface area contributed by atoms with Gasteiger partial charge in [-0.05, 0) is 31.1 Å². The Balaban J connectivity index is 2.46. The minimum atomic E-state index is -0.629. The number of hydrogen-bond donors (Lipinski definition) is 3. The molecule has 0 bridgehead atoms. The van der Waals surface area contributed by atoms with E-state index in [1.165, 1.54) is 6.07 Å². The number of hydrogen-bond acceptors (Lipinski definition) is 3. The van der Waals surface area contributed by atoms with Gasteiger partial charge in [-0.1, -0.05) is 32.9 Å². The molecule has 0 spiro atoms. The highest BCUT2D eigenvalue weighted by Crippen LogP contribution is 2.18. The molecule has 1 atom stereocenters. The molecule has 5 nitrogen and oxygen atoms in total. The van der Waals surface area contributed by atoms with Crippen molar-refractivity contribution in [2.45, 2.75) is 40.0 Å². The Morgan fingerprint density at radius 1 is 1.30 bits per heavy atom. The molecule has 1 aromatic rings. The summed E-state index contributed by atoms with van der Waals surface area (Å²) in [6.45, 7) is 6.63. The maximum atomic E-state index is 13.9. The van der Waals surface area contributed by atoms with E-state index >= 15 is 0 Å². The minimum Gasteiger partial charge on any atom is -0.391 e. The first-order valence-electron chi connectivity index (χ1n) is 7.71. The average molecular weight is 325 g/mol. The molecule has 3 N–H and O–H groups in total. The van der Waals surface area contributed by atoms with Gasteiger partial charge in [-0.25, -0.2) is 9.18 Å². The SMILES string of the molecule is CN(C)Cc1ccc(CNC(=O)NCC(O)C(C)(C)C)cc1F. The zero-order valence-corrected chi connectivity index (χ0v) is 14.6. The summed E-state index contributed by atoms with van der Waals surface area (Å²) < 4.78 is 13.9. The third-order valence-corrected chi connectivity index (χ3v) is 3.51. The molecular formula is C17H28FN3O2. The second kappa shape index (κ2) is 8.26. The zero-order valence-electron chi connectivity index (χ0n) is 14.6. The molecule has 0 saturated carbocycles. The second-order valence-electron chi connectivity index (χ2n) is 7.11. The van der Waals surface area contributed by atoms with Gasteiger partial charge in [0.15, 0.2) is 0 Å². The van der Waals surface area contributed by atoms with Crippen LogP contribution >= 0.6 is 0 Å². The van der Waals surface area contributed by atoms with Crippen molar-refractivity contribution >= 4 is 6.03 Å². The lowest BCUT2D eigenvalue weighted by Gasteiger charge is -2.25. The predicted molar refractivity (Wildman–Crippen MR) is 89.5 cm³/mol. The summed E-state index contributed by atoms with van der Waals surface area (Å²) in [6.07, 6.45) is -0.629. The highest BCUT2D eigenvalue weighted by Gasteiger charge is 2.22. The summed E-state index contributed by atoms with van der Waals surface area (Å²) >= 11 is 0. The summed E-state index contributed by atoms with van der Waals surface area (Å²) in [7, 11) is 3.76. The molecule has 6 heteroatoms. The number of aliphatic hydroxyl groups is 1. The fourth-order valence-corrected chi connectivity index (χ4v) is 1.91. The smallest absolute Gasteiger partial charge is 0.315 e. The number of aliphatic hydroxyl groups excluding tert-OH is 1. The first-order valence-corrected chi connectivity index (χ1v) is 7.71. The number of urea groups is 1. The zero-order chi connectivity index (χ0) is 17.6. The molecule has 0 fully saturated rings. The molecule has 0 saturated heterocycles. The third-order valence-electron chi connectivity index (χ3n) is 3.51. The Morgan fingerprint density at radius 2 is 1.96 bits per heavy atom. The van der Waals surface area contributed by atoms with Gasteiger partial charge in [-0.3, -0.25) is 0 Å².